The van der Waals surface area contributed by atoms with E-state index in [9.17, 15) is 22.8 Å². The Balaban J connectivity index is 2.26. The van der Waals surface area contributed by atoms with Crippen LogP contribution in [0.4, 0.5) is 24.5 Å². The molecule has 0 heterocycles. The Labute approximate surface area is 153 Å². The lowest BCUT2D eigenvalue weighted by atomic mass is 10.1. The molecule has 8 heteroatoms. The molecule has 26 heavy (non-hydrogen) atoms. The number of rotatable bonds is 4. The number of hydrogen-bond acceptors (Lipinski definition) is 2. The maximum atomic E-state index is 12.9. The van der Waals surface area contributed by atoms with Gasteiger partial charge in [-0.15, -0.1) is 0 Å². The molecule has 0 aliphatic carbocycles. The van der Waals surface area contributed by atoms with Crippen LogP contribution in [0.25, 0.3) is 0 Å². The summed E-state index contributed by atoms with van der Waals surface area (Å²) in [6.07, 6.45) is -4.59. The van der Waals surface area contributed by atoms with Crippen molar-refractivity contribution in [2.45, 2.75) is 20.0 Å². The van der Waals surface area contributed by atoms with Gasteiger partial charge in [0.05, 0.1) is 16.3 Å². The Morgan fingerprint density at radius 2 is 1.85 bits per heavy atom. The molecule has 138 valence electrons. The van der Waals surface area contributed by atoms with E-state index in [1.165, 1.54) is 0 Å². The molecular weight excluding hydrogens is 369 g/mol. The fraction of sp³-hybridized carbons (Fsp3) is 0.222. The third kappa shape index (κ3) is 4.98. The Kier molecular flexibility index (Phi) is 5.92. The minimum absolute atomic E-state index is 0.0587. The van der Waals surface area contributed by atoms with Crippen LogP contribution in [-0.4, -0.2) is 18.4 Å². The van der Waals surface area contributed by atoms with Gasteiger partial charge in [0.25, 0.3) is 0 Å². The van der Waals surface area contributed by atoms with Gasteiger partial charge in [0.2, 0.25) is 11.8 Å². The highest BCUT2D eigenvalue weighted by Crippen LogP contribution is 2.35. The van der Waals surface area contributed by atoms with Crippen LogP contribution in [0.2, 0.25) is 5.02 Å². The highest BCUT2D eigenvalue weighted by Gasteiger charge is 2.32. The predicted molar refractivity (Wildman–Crippen MR) is 94.3 cm³/mol. The largest absolute Gasteiger partial charge is 0.416 e. The Hall–Kier alpha value is -2.54. The first kappa shape index (κ1) is 19.8. The molecule has 0 unspecified atom stereocenters. The van der Waals surface area contributed by atoms with Crippen molar-refractivity contribution < 1.29 is 22.8 Å². The molecular formula is C18H16ClF3N2O2. The SMILES string of the molecule is CC(=O)N(CC(=O)Nc1cccc(C)c1)c1cc(C(F)(F)F)ccc1Cl. The van der Waals surface area contributed by atoms with Gasteiger partial charge in [-0.25, -0.2) is 0 Å². The molecule has 0 radical (unpaired) electrons. The zero-order valence-corrected chi connectivity index (χ0v) is 14.8. The van der Waals surface area contributed by atoms with Gasteiger partial charge in [-0.05, 0) is 42.8 Å². The minimum Gasteiger partial charge on any atom is -0.325 e. The maximum absolute atomic E-state index is 12.9. The molecule has 0 saturated carbocycles. The van der Waals surface area contributed by atoms with E-state index >= 15 is 0 Å². The molecule has 0 bridgehead atoms. The van der Waals surface area contributed by atoms with E-state index in [1.54, 1.807) is 18.2 Å². The lowest BCUT2D eigenvalue weighted by Crippen LogP contribution is -2.37. The van der Waals surface area contributed by atoms with Gasteiger partial charge in [0, 0.05) is 12.6 Å². The van der Waals surface area contributed by atoms with Crippen molar-refractivity contribution >= 4 is 34.8 Å². The van der Waals surface area contributed by atoms with Crippen LogP contribution in [0.5, 0.6) is 0 Å². The number of nitrogens with zero attached hydrogens (tertiary/aromatic N) is 1. The van der Waals surface area contributed by atoms with Crippen molar-refractivity contribution in [3.05, 3.63) is 58.6 Å². The number of anilines is 2. The van der Waals surface area contributed by atoms with Crippen LogP contribution in [0.1, 0.15) is 18.1 Å². The highest BCUT2D eigenvalue weighted by atomic mass is 35.5. The Bertz CT molecular complexity index is 837. The van der Waals surface area contributed by atoms with Gasteiger partial charge in [-0.3, -0.25) is 9.59 Å². The number of hydrogen-bond donors (Lipinski definition) is 1. The summed E-state index contributed by atoms with van der Waals surface area (Å²) >= 11 is 5.96. The average molecular weight is 385 g/mol. The molecule has 0 saturated heterocycles. The van der Waals surface area contributed by atoms with Gasteiger partial charge in [-0.2, -0.15) is 13.2 Å². The fourth-order valence-electron chi connectivity index (χ4n) is 2.33. The highest BCUT2D eigenvalue weighted by molar-refractivity contribution is 6.34. The van der Waals surface area contributed by atoms with Crippen LogP contribution >= 0.6 is 11.6 Å². The summed E-state index contributed by atoms with van der Waals surface area (Å²) in [6.45, 7) is 2.53. The first-order chi connectivity index (χ1) is 12.1. The van der Waals surface area contributed by atoms with Crippen LogP contribution in [0, 0.1) is 6.92 Å². The summed E-state index contributed by atoms with van der Waals surface area (Å²) in [6, 6.07) is 9.61. The second-order valence-corrected chi connectivity index (χ2v) is 6.09. The first-order valence-electron chi connectivity index (χ1n) is 7.59. The van der Waals surface area contributed by atoms with Gasteiger partial charge < -0.3 is 10.2 Å². The first-order valence-corrected chi connectivity index (χ1v) is 7.97. The van der Waals surface area contributed by atoms with Crippen LogP contribution in [0.3, 0.4) is 0 Å². The summed E-state index contributed by atoms with van der Waals surface area (Å²) in [4.78, 5) is 25.0. The van der Waals surface area contributed by atoms with Crippen molar-refractivity contribution in [1.82, 2.24) is 0 Å². The van der Waals surface area contributed by atoms with Gasteiger partial charge >= 0.3 is 6.18 Å². The third-order valence-corrected chi connectivity index (χ3v) is 3.87. The second-order valence-electron chi connectivity index (χ2n) is 5.69. The number of carbonyl (C=O) groups is 2. The topological polar surface area (TPSA) is 49.4 Å². The van der Waals surface area contributed by atoms with Crippen molar-refractivity contribution in [2.24, 2.45) is 0 Å². The van der Waals surface area contributed by atoms with Crippen molar-refractivity contribution in [3.8, 4) is 0 Å². The monoisotopic (exact) mass is 384 g/mol. The molecule has 0 fully saturated rings. The Morgan fingerprint density at radius 1 is 1.15 bits per heavy atom. The number of nitrogens with one attached hydrogen (secondary N) is 1. The zero-order valence-electron chi connectivity index (χ0n) is 14.0. The lowest BCUT2D eigenvalue weighted by molar-refractivity contribution is -0.137. The quantitative estimate of drug-likeness (QED) is 0.833. The van der Waals surface area contributed by atoms with E-state index in [2.05, 4.69) is 5.32 Å². The van der Waals surface area contributed by atoms with Gasteiger partial charge in [0.1, 0.15) is 6.54 Å². The molecule has 0 aliphatic heterocycles. The molecule has 0 aliphatic rings. The smallest absolute Gasteiger partial charge is 0.325 e. The molecule has 2 amide bonds. The summed E-state index contributed by atoms with van der Waals surface area (Å²) < 4.78 is 38.8. The number of benzene rings is 2. The molecule has 2 aromatic rings. The number of amides is 2. The number of halogens is 4. The standard InChI is InChI=1S/C18H16ClF3N2O2/c1-11-4-3-5-14(8-11)23-17(26)10-24(12(2)25)16-9-13(18(20,21)22)6-7-15(16)19/h3-9H,10H2,1-2H3,(H,23,26). The number of aryl methyl sites for hydroxylation is 1. The molecule has 0 spiro atoms. The number of alkyl halides is 3. The summed E-state index contributed by atoms with van der Waals surface area (Å²) in [5.74, 6) is -1.16. The minimum atomic E-state index is -4.59. The Morgan fingerprint density at radius 3 is 2.42 bits per heavy atom. The van der Waals surface area contributed by atoms with Crippen molar-refractivity contribution in [3.63, 3.8) is 0 Å². The summed E-state index contributed by atoms with van der Waals surface area (Å²) in [5.41, 5.74) is 0.316. The second kappa shape index (κ2) is 7.78. The molecule has 1 N–H and O–H groups in total. The van der Waals surface area contributed by atoms with Gasteiger partial charge in [0.15, 0.2) is 0 Å². The van der Waals surface area contributed by atoms with E-state index in [0.717, 1.165) is 35.6 Å². The van der Waals surface area contributed by atoms with E-state index < -0.39 is 30.1 Å². The van der Waals surface area contributed by atoms with E-state index in [0.29, 0.717) is 5.69 Å². The normalized spacial score (nSPS) is 11.2. The molecule has 0 atom stereocenters. The molecule has 2 aromatic carbocycles. The van der Waals surface area contributed by atoms with Crippen LogP contribution in [0.15, 0.2) is 42.5 Å². The van der Waals surface area contributed by atoms with Crippen LogP contribution < -0.4 is 10.2 Å². The van der Waals surface area contributed by atoms with Crippen molar-refractivity contribution in [2.75, 3.05) is 16.8 Å². The van der Waals surface area contributed by atoms with Crippen LogP contribution in [-0.2, 0) is 15.8 Å². The van der Waals surface area contributed by atoms with E-state index in [1.807, 2.05) is 13.0 Å². The fourth-order valence-corrected chi connectivity index (χ4v) is 2.55. The van der Waals surface area contributed by atoms with E-state index in [4.69, 9.17) is 11.6 Å². The summed E-state index contributed by atoms with van der Waals surface area (Å²) in [5, 5.41) is 2.55. The number of carbonyl (C=O) groups excluding carboxylic acids is 2. The average Bonchev–Trinajstić information content (AvgIpc) is 2.52. The third-order valence-electron chi connectivity index (χ3n) is 3.55. The van der Waals surface area contributed by atoms with Crippen molar-refractivity contribution in [1.29, 1.82) is 0 Å². The van der Waals surface area contributed by atoms with E-state index in [-0.39, 0.29) is 10.7 Å². The molecule has 4 nitrogen and oxygen atoms in total. The predicted octanol–water partition coefficient (Wildman–Crippen LogP) is 4.66. The zero-order chi connectivity index (χ0) is 19.5. The van der Waals surface area contributed by atoms with Gasteiger partial charge in [-0.1, -0.05) is 23.7 Å². The maximum Gasteiger partial charge on any atom is 0.416 e. The lowest BCUT2D eigenvalue weighted by Gasteiger charge is -2.23. The molecule has 2 rings (SSSR count). The summed E-state index contributed by atoms with van der Waals surface area (Å²) in [7, 11) is 0. The molecule has 0 aromatic heterocycles.